The number of hydrogen-bond donors (Lipinski definition) is 2. The number of benzene rings is 1. The summed E-state index contributed by atoms with van der Waals surface area (Å²) in [5.74, 6) is -3.34. The molecule has 2 heterocycles. The second-order valence-electron chi connectivity index (χ2n) is 4.31. The molecule has 0 radical (unpaired) electrons. The molecule has 0 aromatic heterocycles. The van der Waals surface area contributed by atoms with E-state index in [0.29, 0.717) is 0 Å². The lowest BCUT2D eigenvalue weighted by atomic mass is 10.1. The number of rotatable bonds is 1. The van der Waals surface area contributed by atoms with E-state index in [-0.39, 0.29) is 14.8 Å². The summed E-state index contributed by atoms with van der Waals surface area (Å²) in [5, 5.41) is 3.51. The first-order valence-electron chi connectivity index (χ1n) is 5.67. The summed E-state index contributed by atoms with van der Waals surface area (Å²) < 4.78 is 24.8. The molecule has 2 aliphatic rings. The summed E-state index contributed by atoms with van der Waals surface area (Å²) in [6.07, 6.45) is 0. The van der Waals surface area contributed by atoms with Crippen molar-refractivity contribution in [3.63, 3.8) is 0 Å². The number of sulfonamides is 1. The molecular formula is C11H7N3O6S. The maximum Gasteiger partial charge on any atom is 0.328 e. The molecule has 0 unspecified atom stereocenters. The van der Waals surface area contributed by atoms with Crippen LogP contribution in [0.15, 0.2) is 29.2 Å². The fourth-order valence-electron chi connectivity index (χ4n) is 2.18. The van der Waals surface area contributed by atoms with Crippen LogP contribution in [-0.2, 0) is 19.6 Å². The van der Waals surface area contributed by atoms with Crippen molar-refractivity contribution in [3.8, 4) is 0 Å². The average molecular weight is 309 g/mol. The van der Waals surface area contributed by atoms with Gasteiger partial charge in [0.25, 0.3) is 27.7 Å². The molecule has 2 aliphatic heterocycles. The molecule has 0 aliphatic carbocycles. The van der Waals surface area contributed by atoms with Gasteiger partial charge in [0.1, 0.15) is 4.90 Å². The Hall–Kier alpha value is -2.75. The van der Waals surface area contributed by atoms with Gasteiger partial charge in [0.05, 0.1) is 5.56 Å². The van der Waals surface area contributed by atoms with Crippen LogP contribution in [-0.4, -0.2) is 42.5 Å². The minimum Gasteiger partial charge on any atom is -0.275 e. The molecule has 2 N–H and O–H groups in total. The van der Waals surface area contributed by atoms with Gasteiger partial charge in [-0.1, -0.05) is 12.1 Å². The second-order valence-corrected chi connectivity index (χ2v) is 6.10. The van der Waals surface area contributed by atoms with Gasteiger partial charge in [-0.3, -0.25) is 25.0 Å². The van der Waals surface area contributed by atoms with Gasteiger partial charge in [-0.25, -0.2) is 17.5 Å². The van der Waals surface area contributed by atoms with Crippen LogP contribution in [0.2, 0.25) is 0 Å². The molecule has 108 valence electrons. The van der Waals surface area contributed by atoms with Gasteiger partial charge in [-0.05, 0) is 12.1 Å². The Kier molecular flexibility index (Phi) is 2.60. The van der Waals surface area contributed by atoms with Gasteiger partial charge < -0.3 is 0 Å². The van der Waals surface area contributed by atoms with Crippen molar-refractivity contribution in [2.45, 2.75) is 10.9 Å². The van der Waals surface area contributed by atoms with Crippen molar-refractivity contribution in [2.24, 2.45) is 0 Å². The molecular weight excluding hydrogens is 302 g/mol. The monoisotopic (exact) mass is 309 g/mol. The van der Waals surface area contributed by atoms with Gasteiger partial charge in [0, 0.05) is 0 Å². The van der Waals surface area contributed by atoms with Gasteiger partial charge in [0.15, 0.2) is 0 Å². The number of fused-ring (bicyclic) bond motifs is 1. The second kappa shape index (κ2) is 4.12. The molecule has 10 heteroatoms. The molecule has 0 saturated carbocycles. The molecule has 21 heavy (non-hydrogen) atoms. The van der Waals surface area contributed by atoms with Gasteiger partial charge in [0.2, 0.25) is 6.04 Å². The van der Waals surface area contributed by atoms with Crippen LogP contribution in [0, 0.1) is 0 Å². The van der Waals surface area contributed by atoms with Crippen LogP contribution in [0.3, 0.4) is 0 Å². The van der Waals surface area contributed by atoms with E-state index in [9.17, 15) is 27.6 Å². The molecule has 0 spiro atoms. The lowest BCUT2D eigenvalue weighted by Gasteiger charge is -2.27. The first kappa shape index (κ1) is 13.2. The molecule has 0 bridgehead atoms. The molecule has 3 rings (SSSR count). The Bertz CT molecular complexity index is 795. The molecule has 1 fully saturated rings. The lowest BCUT2D eigenvalue weighted by molar-refractivity contribution is -0.134. The number of hydrogen-bond acceptors (Lipinski definition) is 6. The molecule has 5 amide bonds. The van der Waals surface area contributed by atoms with E-state index in [2.05, 4.69) is 0 Å². The maximum atomic E-state index is 12.3. The zero-order chi connectivity index (χ0) is 15.4. The lowest BCUT2D eigenvalue weighted by Crippen LogP contribution is -2.65. The van der Waals surface area contributed by atoms with E-state index < -0.39 is 39.8 Å². The average Bonchev–Trinajstić information content (AvgIpc) is 2.59. The van der Waals surface area contributed by atoms with E-state index in [1.54, 1.807) is 10.6 Å². The largest absolute Gasteiger partial charge is 0.328 e. The molecule has 1 aromatic rings. The van der Waals surface area contributed by atoms with E-state index in [4.69, 9.17) is 0 Å². The Morgan fingerprint density at radius 2 is 1.52 bits per heavy atom. The fourth-order valence-corrected chi connectivity index (χ4v) is 3.86. The van der Waals surface area contributed by atoms with E-state index >= 15 is 0 Å². The number of urea groups is 1. The first-order valence-corrected chi connectivity index (χ1v) is 7.11. The summed E-state index contributed by atoms with van der Waals surface area (Å²) >= 11 is 0. The molecule has 1 aromatic carbocycles. The standard InChI is InChI=1S/C11H7N3O6S/c15-8-7(9(16)13-11(18)12-8)14-10(17)5-3-1-2-4-6(5)21(14,19)20/h1-4,7H,(H2,12,13,15,16,18). The summed E-state index contributed by atoms with van der Waals surface area (Å²) in [6.45, 7) is 0. The summed E-state index contributed by atoms with van der Waals surface area (Å²) in [7, 11) is -4.33. The van der Waals surface area contributed by atoms with Crippen LogP contribution in [0.5, 0.6) is 0 Å². The Morgan fingerprint density at radius 3 is 2.10 bits per heavy atom. The van der Waals surface area contributed by atoms with Crippen LogP contribution < -0.4 is 10.6 Å². The SMILES string of the molecule is O=C1NC(=O)C(N2C(=O)c3ccccc3S2(=O)=O)C(=O)N1. The number of amides is 5. The quantitative estimate of drug-likeness (QED) is 0.611. The van der Waals surface area contributed by atoms with Gasteiger partial charge in [-0.2, -0.15) is 0 Å². The highest BCUT2D eigenvalue weighted by Crippen LogP contribution is 2.32. The van der Waals surface area contributed by atoms with Crippen LogP contribution in [0.25, 0.3) is 0 Å². The number of barbiturate groups is 1. The number of carbonyl (C=O) groups excluding carboxylic acids is 4. The third kappa shape index (κ3) is 1.72. The van der Waals surface area contributed by atoms with E-state index in [1.165, 1.54) is 24.3 Å². The minimum absolute atomic E-state index is 0.130. The molecule has 9 nitrogen and oxygen atoms in total. The number of nitrogens with one attached hydrogen (secondary N) is 2. The summed E-state index contributed by atoms with van der Waals surface area (Å²) in [6, 6.07) is 2.33. The first-order chi connectivity index (χ1) is 9.84. The topological polar surface area (TPSA) is 130 Å². The highest BCUT2D eigenvalue weighted by molar-refractivity contribution is 7.90. The van der Waals surface area contributed by atoms with Crippen molar-refractivity contribution in [1.29, 1.82) is 0 Å². The maximum absolute atomic E-state index is 12.3. The number of carbonyl (C=O) groups is 4. The molecule has 0 atom stereocenters. The van der Waals surface area contributed by atoms with Crippen LogP contribution in [0.4, 0.5) is 4.79 Å². The fraction of sp³-hybridized carbons (Fsp3) is 0.0909. The predicted octanol–water partition coefficient (Wildman–Crippen LogP) is -1.43. The zero-order valence-electron chi connectivity index (χ0n) is 10.2. The van der Waals surface area contributed by atoms with Gasteiger partial charge >= 0.3 is 6.03 Å². The predicted molar refractivity (Wildman–Crippen MR) is 65.3 cm³/mol. The summed E-state index contributed by atoms with van der Waals surface area (Å²) in [5.41, 5.74) is -0.130. The highest BCUT2D eigenvalue weighted by Gasteiger charge is 2.52. The summed E-state index contributed by atoms with van der Waals surface area (Å²) in [4.78, 5) is 46.4. The zero-order valence-corrected chi connectivity index (χ0v) is 11.0. The number of imide groups is 2. The van der Waals surface area contributed by atoms with Crippen LogP contribution >= 0.6 is 0 Å². The number of nitrogens with zero attached hydrogens (tertiary/aromatic N) is 1. The Balaban J connectivity index is 2.13. The third-order valence-corrected chi connectivity index (χ3v) is 4.87. The molecule has 1 saturated heterocycles. The normalized spacial score (nSPS) is 21.0. The smallest absolute Gasteiger partial charge is 0.275 e. The van der Waals surface area contributed by atoms with Gasteiger partial charge in [-0.15, -0.1) is 0 Å². The van der Waals surface area contributed by atoms with Crippen molar-refractivity contribution < 1.29 is 27.6 Å². The van der Waals surface area contributed by atoms with Crippen LogP contribution in [0.1, 0.15) is 10.4 Å². The highest BCUT2D eigenvalue weighted by atomic mass is 32.2. The van der Waals surface area contributed by atoms with E-state index in [0.717, 1.165) is 0 Å². The Labute approximate surface area is 118 Å². The minimum atomic E-state index is -4.33. The third-order valence-electron chi connectivity index (χ3n) is 3.06. The van der Waals surface area contributed by atoms with Crippen molar-refractivity contribution >= 4 is 33.8 Å². The van der Waals surface area contributed by atoms with E-state index in [1.807, 2.05) is 0 Å². The van der Waals surface area contributed by atoms with Crippen molar-refractivity contribution in [1.82, 2.24) is 14.9 Å². The van der Waals surface area contributed by atoms with Crippen molar-refractivity contribution in [3.05, 3.63) is 29.8 Å². The Morgan fingerprint density at radius 1 is 0.952 bits per heavy atom. The van der Waals surface area contributed by atoms with Crippen molar-refractivity contribution in [2.75, 3.05) is 0 Å².